The molecule has 0 saturated carbocycles. The first-order valence-electron chi connectivity index (χ1n) is 8.11. The molecule has 0 saturated heterocycles. The topological polar surface area (TPSA) is 101 Å². The van der Waals surface area contributed by atoms with Crippen molar-refractivity contribution in [2.24, 2.45) is 0 Å². The highest BCUT2D eigenvalue weighted by Crippen LogP contribution is 2.31. The maximum absolute atomic E-state index is 12.7. The van der Waals surface area contributed by atoms with Crippen LogP contribution in [0, 0.1) is 0 Å². The standard InChI is InChI=1S/C18H14Cl3N3O4S/c19-13-2-1-3-14(16(13)21)29(26,27)24-17-18(23-15(20)8-22-17)28-10-12-6-4-11(9-25)5-7-12/h1-8,25H,9-10H2,(H,22,24). The van der Waals surface area contributed by atoms with E-state index in [1.807, 2.05) is 0 Å². The minimum atomic E-state index is -4.11. The van der Waals surface area contributed by atoms with Gasteiger partial charge in [0.2, 0.25) is 5.82 Å². The number of aliphatic hydroxyl groups excluding tert-OH is 1. The summed E-state index contributed by atoms with van der Waals surface area (Å²) in [4.78, 5) is 7.74. The van der Waals surface area contributed by atoms with Gasteiger partial charge in [0.15, 0.2) is 5.15 Å². The average Bonchev–Trinajstić information content (AvgIpc) is 2.70. The van der Waals surface area contributed by atoms with Crippen LogP contribution in [0.5, 0.6) is 5.88 Å². The summed E-state index contributed by atoms with van der Waals surface area (Å²) in [6, 6.07) is 11.3. The summed E-state index contributed by atoms with van der Waals surface area (Å²) in [5.74, 6) is -0.261. The van der Waals surface area contributed by atoms with Gasteiger partial charge >= 0.3 is 0 Å². The molecule has 2 aromatic carbocycles. The lowest BCUT2D eigenvalue weighted by Crippen LogP contribution is -2.16. The summed E-state index contributed by atoms with van der Waals surface area (Å²) >= 11 is 17.8. The molecule has 0 amide bonds. The van der Waals surface area contributed by atoms with Crippen molar-refractivity contribution in [2.45, 2.75) is 18.1 Å². The number of sulfonamides is 1. The number of aromatic nitrogens is 2. The third kappa shape index (κ3) is 5.29. The molecule has 29 heavy (non-hydrogen) atoms. The van der Waals surface area contributed by atoms with Gasteiger partial charge in [-0.3, -0.25) is 4.72 Å². The van der Waals surface area contributed by atoms with Crippen LogP contribution < -0.4 is 9.46 Å². The van der Waals surface area contributed by atoms with Crippen LogP contribution >= 0.6 is 34.8 Å². The van der Waals surface area contributed by atoms with Crippen LogP contribution in [0.1, 0.15) is 11.1 Å². The van der Waals surface area contributed by atoms with Gasteiger partial charge in [0, 0.05) is 0 Å². The van der Waals surface area contributed by atoms with Crippen molar-refractivity contribution in [3.8, 4) is 5.88 Å². The molecule has 152 valence electrons. The van der Waals surface area contributed by atoms with Crippen molar-refractivity contribution < 1.29 is 18.3 Å². The van der Waals surface area contributed by atoms with Crippen LogP contribution in [0.2, 0.25) is 15.2 Å². The molecule has 0 aliphatic carbocycles. The van der Waals surface area contributed by atoms with Gasteiger partial charge in [-0.05, 0) is 23.3 Å². The molecule has 0 atom stereocenters. The second-order valence-electron chi connectivity index (χ2n) is 5.77. The molecular weight excluding hydrogens is 461 g/mol. The number of aliphatic hydroxyl groups is 1. The Morgan fingerprint density at radius 2 is 1.72 bits per heavy atom. The molecule has 1 aromatic heterocycles. The zero-order valence-corrected chi connectivity index (χ0v) is 17.7. The minimum Gasteiger partial charge on any atom is -0.470 e. The largest absolute Gasteiger partial charge is 0.470 e. The van der Waals surface area contributed by atoms with Crippen molar-refractivity contribution in [1.82, 2.24) is 9.97 Å². The molecular formula is C18H14Cl3N3O4S. The van der Waals surface area contributed by atoms with Gasteiger partial charge in [0.05, 0.1) is 22.8 Å². The van der Waals surface area contributed by atoms with Crippen molar-refractivity contribution in [2.75, 3.05) is 4.72 Å². The lowest BCUT2D eigenvalue weighted by atomic mass is 10.1. The third-order valence-corrected chi connectivity index (χ3v) is 6.22. The van der Waals surface area contributed by atoms with Gasteiger partial charge in [-0.25, -0.2) is 13.4 Å². The van der Waals surface area contributed by atoms with E-state index in [9.17, 15) is 8.42 Å². The van der Waals surface area contributed by atoms with Crippen molar-refractivity contribution >= 4 is 50.6 Å². The van der Waals surface area contributed by atoms with E-state index >= 15 is 0 Å². The number of nitrogens with one attached hydrogen (secondary N) is 1. The predicted molar refractivity (Wildman–Crippen MR) is 111 cm³/mol. The zero-order valence-electron chi connectivity index (χ0n) is 14.6. The second kappa shape index (κ2) is 9.15. The summed E-state index contributed by atoms with van der Waals surface area (Å²) < 4.78 is 33.3. The number of anilines is 1. The maximum Gasteiger partial charge on any atom is 0.264 e. The molecule has 3 rings (SSSR count). The normalized spacial score (nSPS) is 11.3. The van der Waals surface area contributed by atoms with E-state index in [1.54, 1.807) is 24.3 Å². The van der Waals surface area contributed by atoms with Gasteiger partial charge in [-0.1, -0.05) is 65.1 Å². The average molecular weight is 475 g/mol. The Hall–Kier alpha value is -2.10. The molecule has 2 N–H and O–H groups in total. The number of nitrogens with zero attached hydrogens (tertiary/aromatic N) is 2. The van der Waals surface area contributed by atoms with Gasteiger partial charge in [0.1, 0.15) is 11.5 Å². The number of ether oxygens (including phenoxy) is 1. The van der Waals surface area contributed by atoms with Crippen molar-refractivity contribution in [3.05, 3.63) is 75.0 Å². The number of hydrogen-bond acceptors (Lipinski definition) is 6. The number of halogens is 3. The summed E-state index contributed by atoms with van der Waals surface area (Å²) in [6.07, 6.45) is 1.18. The summed E-state index contributed by atoms with van der Waals surface area (Å²) in [7, 11) is -4.11. The first-order chi connectivity index (χ1) is 13.8. The summed E-state index contributed by atoms with van der Waals surface area (Å²) in [5, 5.41) is 9.10. The Morgan fingerprint density at radius 3 is 2.41 bits per heavy atom. The minimum absolute atomic E-state index is 0.0272. The van der Waals surface area contributed by atoms with E-state index in [4.69, 9.17) is 44.6 Å². The second-order valence-corrected chi connectivity index (χ2v) is 8.59. The van der Waals surface area contributed by atoms with Gasteiger partial charge in [0.25, 0.3) is 15.9 Å². The number of rotatable bonds is 7. The lowest BCUT2D eigenvalue weighted by Gasteiger charge is -2.13. The van der Waals surface area contributed by atoms with E-state index in [0.29, 0.717) is 0 Å². The Bertz CT molecular complexity index is 1130. The molecule has 7 nitrogen and oxygen atoms in total. The smallest absolute Gasteiger partial charge is 0.264 e. The number of hydrogen-bond donors (Lipinski definition) is 2. The van der Waals surface area contributed by atoms with Crippen LogP contribution in [-0.4, -0.2) is 23.5 Å². The van der Waals surface area contributed by atoms with Crippen LogP contribution in [-0.2, 0) is 23.2 Å². The Labute approximate surface area is 182 Å². The summed E-state index contributed by atoms with van der Waals surface area (Å²) in [6.45, 7) is 0.00623. The van der Waals surface area contributed by atoms with E-state index < -0.39 is 10.0 Å². The maximum atomic E-state index is 12.7. The molecule has 11 heteroatoms. The van der Waals surface area contributed by atoms with Crippen molar-refractivity contribution in [1.29, 1.82) is 0 Å². The molecule has 0 fully saturated rings. The van der Waals surface area contributed by atoms with Gasteiger partial charge in [-0.15, -0.1) is 0 Å². The van der Waals surface area contributed by atoms with E-state index in [2.05, 4.69) is 14.7 Å². The Balaban J connectivity index is 1.85. The highest BCUT2D eigenvalue weighted by Gasteiger charge is 2.23. The molecule has 0 radical (unpaired) electrons. The molecule has 0 bridgehead atoms. The van der Waals surface area contributed by atoms with Crippen LogP contribution in [0.3, 0.4) is 0 Å². The Morgan fingerprint density at radius 1 is 1.03 bits per heavy atom. The Kier molecular flexibility index (Phi) is 6.81. The fourth-order valence-electron chi connectivity index (χ4n) is 2.29. The monoisotopic (exact) mass is 473 g/mol. The van der Waals surface area contributed by atoms with Crippen LogP contribution in [0.15, 0.2) is 53.6 Å². The van der Waals surface area contributed by atoms with E-state index in [-0.39, 0.29) is 45.0 Å². The number of benzene rings is 2. The van der Waals surface area contributed by atoms with Crippen LogP contribution in [0.25, 0.3) is 0 Å². The zero-order chi connectivity index (χ0) is 21.0. The van der Waals surface area contributed by atoms with Gasteiger partial charge < -0.3 is 9.84 Å². The van der Waals surface area contributed by atoms with Crippen molar-refractivity contribution in [3.63, 3.8) is 0 Å². The molecule has 1 heterocycles. The molecule has 0 spiro atoms. The molecule has 0 aliphatic rings. The fraction of sp³-hybridized carbons (Fsp3) is 0.111. The quantitative estimate of drug-likeness (QED) is 0.529. The third-order valence-electron chi connectivity index (χ3n) is 3.73. The molecule has 0 aliphatic heterocycles. The predicted octanol–water partition coefficient (Wildman–Crippen LogP) is 4.31. The van der Waals surface area contributed by atoms with Crippen LogP contribution in [0.4, 0.5) is 5.82 Å². The first kappa shape index (κ1) is 21.6. The highest BCUT2D eigenvalue weighted by atomic mass is 35.5. The molecule has 3 aromatic rings. The lowest BCUT2D eigenvalue weighted by molar-refractivity contribution is 0.281. The molecule has 0 unspecified atom stereocenters. The highest BCUT2D eigenvalue weighted by molar-refractivity contribution is 7.92. The summed E-state index contributed by atoms with van der Waals surface area (Å²) in [5.41, 5.74) is 1.53. The fourth-order valence-corrected chi connectivity index (χ4v) is 4.18. The first-order valence-corrected chi connectivity index (χ1v) is 10.7. The van der Waals surface area contributed by atoms with E-state index in [0.717, 1.165) is 11.1 Å². The van der Waals surface area contributed by atoms with Gasteiger partial charge in [-0.2, -0.15) is 4.98 Å². The SMILES string of the molecule is O=S(=O)(Nc1ncc(Cl)nc1OCc1ccc(CO)cc1)c1cccc(Cl)c1Cl. The van der Waals surface area contributed by atoms with E-state index in [1.165, 1.54) is 24.4 Å².